The van der Waals surface area contributed by atoms with E-state index in [-0.39, 0.29) is 0 Å². The van der Waals surface area contributed by atoms with Gasteiger partial charge in [-0.1, -0.05) is 103 Å². The van der Waals surface area contributed by atoms with E-state index >= 15 is 0 Å². The fourth-order valence-corrected chi connectivity index (χ4v) is 9.26. The highest BCUT2D eigenvalue weighted by Crippen LogP contribution is 2.49. The monoisotopic (exact) mass is 709 g/mol. The molecule has 11 aromatic rings. The molecule has 54 heavy (non-hydrogen) atoms. The maximum atomic E-state index is 6.15. The molecule has 1 aliphatic heterocycles. The highest BCUT2D eigenvalue weighted by atomic mass is 32.2. The molecule has 252 valence electrons. The number of nitrogens with zero attached hydrogens (tertiary/aromatic N) is 5. The molecule has 0 bridgehead atoms. The number of rotatable bonds is 4. The normalized spacial score (nSPS) is 12.4. The molecule has 0 aliphatic carbocycles. The maximum absolute atomic E-state index is 6.15. The Morgan fingerprint density at radius 3 is 1.91 bits per heavy atom. The zero-order valence-electron chi connectivity index (χ0n) is 28.6. The molecule has 0 saturated carbocycles. The van der Waals surface area contributed by atoms with Crippen molar-refractivity contribution in [1.82, 2.24) is 24.1 Å². The van der Waals surface area contributed by atoms with Gasteiger partial charge in [-0.2, -0.15) is 0 Å². The Hall–Kier alpha value is -6.96. The first-order valence-electron chi connectivity index (χ1n) is 17.9. The maximum Gasteiger partial charge on any atom is 0.164 e. The van der Waals surface area contributed by atoms with Crippen LogP contribution in [0.25, 0.3) is 100 Å². The van der Waals surface area contributed by atoms with Gasteiger partial charge in [0, 0.05) is 59.1 Å². The van der Waals surface area contributed by atoms with Crippen molar-refractivity contribution < 1.29 is 4.42 Å². The summed E-state index contributed by atoms with van der Waals surface area (Å²) in [7, 11) is 0. The first-order valence-corrected chi connectivity index (χ1v) is 18.8. The van der Waals surface area contributed by atoms with Crippen LogP contribution in [0.5, 0.6) is 0 Å². The van der Waals surface area contributed by atoms with Crippen molar-refractivity contribution in [3.8, 4) is 45.5 Å². The SMILES string of the molecule is c1ccc(-c2nc(-c3ccc4oc5ccccc5c4c3)nc(-c3ccc4c(c3)c3c5cccc6c5n(c3n4-c3ccccc3)-c3ccccc3S6)n2)cc1. The van der Waals surface area contributed by atoms with Crippen LogP contribution >= 0.6 is 11.8 Å². The Kier molecular flexibility index (Phi) is 6.18. The van der Waals surface area contributed by atoms with E-state index in [9.17, 15) is 0 Å². The molecule has 0 spiro atoms. The summed E-state index contributed by atoms with van der Waals surface area (Å²) >= 11 is 1.84. The predicted octanol–water partition coefficient (Wildman–Crippen LogP) is 12.3. The van der Waals surface area contributed by atoms with Crippen LogP contribution in [-0.4, -0.2) is 24.1 Å². The molecule has 0 amide bonds. The minimum absolute atomic E-state index is 0.610. The molecule has 6 nitrogen and oxygen atoms in total. The lowest BCUT2D eigenvalue weighted by molar-refractivity contribution is 0.669. The molecule has 0 radical (unpaired) electrons. The number of hydrogen-bond acceptors (Lipinski definition) is 5. The molecule has 0 saturated heterocycles. The molecule has 1 aliphatic rings. The van der Waals surface area contributed by atoms with Gasteiger partial charge in [-0.05, 0) is 72.8 Å². The van der Waals surface area contributed by atoms with Crippen LogP contribution in [0.2, 0.25) is 0 Å². The van der Waals surface area contributed by atoms with E-state index in [4.69, 9.17) is 19.4 Å². The third-order valence-corrected chi connectivity index (χ3v) is 11.7. The average molecular weight is 710 g/mol. The van der Waals surface area contributed by atoms with Crippen molar-refractivity contribution in [2.24, 2.45) is 0 Å². The second-order valence-corrected chi connectivity index (χ2v) is 14.7. The lowest BCUT2D eigenvalue weighted by Gasteiger charge is -2.21. The molecule has 7 heteroatoms. The van der Waals surface area contributed by atoms with Gasteiger partial charge in [-0.25, -0.2) is 15.0 Å². The lowest BCUT2D eigenvalue weighted by atomic mass is 10.1. The molecule has 0 unspecified atom stereocenters. The van der Waals surface area contributed by atoms with Gasteiger partial charge in [0.1, 0.15) is 16.8 Å². The van der Waals surface area contributed by atoms with Crippen molar-refractivity contribution in [2.75, 3.05) is 0 Å². The van der Waals surface area contributed by atoms with E-state index in [0.717, 1.165) is 60.9 Å². The van der Waals surface area contributed by atoms with Crippen LogP contribution < -0.4 is 0 Å². The fraction of sp³-hybridized carbons (Fsp3) is 0. The van der Waals surface area contributed by atoms with Crippen LogP contribution in [0.15, 0.2) is 178 Å². The Morgan fingerprint density at radius 2 is 1.07 bits per heavy atom. The summed E-state index contributed by atoms with van der Waals surface area (Å²) in [4.78, 5) is 17.9. The first-order chi connectivity index (χ1) is 26.8. The summed E-state index contributed by atoms with van der Waals surface area (Å²) in [5, 5.41) is 5.68. The Balaban J connectivity index is 1.14. The minimum atomic E-state index is 0.610. The summed E-state index contributed by atoms with van der Waals surface area (Å²) < 4.78 is 11.0. The zero-order valence-corrected chi connectivity index (χ0v) is 29.5. The summed E-state index contributed by atoms with van der Waals surface area (Å²) in [6.07, 6.45) is 0. The van der Waals surface area contributed by atoms with Gasteiger partial charge in [0.15, 0.2) is 17.5 Å². The fourth-order valence-electron chi connectivity index (χ4n) is 8.17. The summed E-state index contributed by atoms with van der Waals surface area (Å²) in [5.41, 5.74) is 10.3. The quantitative estimate of drug-likeness (QED) is 0.182. The molecule has 7 aromatic carbocycles. The molecule has 0 N–H and O–H groups in total. The van der Waals surface area contributed by atoms with E-state index in [1.54, 1.807) is 0 Å². The molecule has 0 fully saturated rings. The van der Waals surface area contributed by atoms with Gasteiger partial charge < -0.3 is 4.42 Å². The Labute approximate surface area is 313 Å². The number of aromatic nitrogens is 5. The topological polar surface area (TPSA) is 61.7 Å². The van der Waals surface area contributed by atoms with Crippen molar-refractivity contribution in [3.05, 3.63) is 164 Å². The molecular weight excluding hydrogens is 683 g/mol. The van der Waals surface area contributed by atoms with Gasteiger partial charge in [-0.3, -0.25) is 9.13 Å². The highest BCUT2D eigenvalue weighted by molar-refractivity contribution is 7.99. The van der Waals surface area contributed by atoms with Gasteiger partial charge in [0.2, 0.25) is 0 Å². The second kappa shape index (κ2) is 11.3. The number of hydrogen-bond donors (Lipinski definition) is 0. The lowest BCUT2D eigenvalue weighted by Crippen LogP contribution is -2.05. The molecule has 0 atom stereocenters. The van der Waals surface area contributed by atoms with Gasteiger partial charge in [0.05, 0.1) is 16.7 Å². The van der Waals surface area contributed by atoms with Crippen molar-refractivity contribution >= 4 is 66.5 Å². The second-order valence-electron chi connectivity index (χ2n) is 13.6. The van der Waals surface area contributed by atoms with Gasteiger partial charge >= 0.3 is 0 Å². The summed E-state index contributed by atoms with van der Waals surface area (Å²) in [6, 6.07) is 57.1. The van der Waals surface area contributed by atoms with Crippen molar-refractivity contribution in [1.29, 1.82) is 0 Å². The molecule has 12 rings (SSSR count). The van der Waals surface area contributed by atoms with Gasteiger partial charge in [0.25, 0.3) is 0 Å². The van der Waals surface area contributed by atoms with Crippen LogP contribution in [0.1, 0.15) is 0 Å². The van der Waals surface area contributed by atoms with Crippen LogP contribution in [0.3, 0.4) is 0 Å². The average Bonchev–Trinajstić information content (AvgIpc) is 3.89. The standard InChI is InChI=1S/C47H27N5OS/c1-3-12-28(13-4-1)44-48-45(50-46(49-44)30-23-25-39-34(26-30)32-16-7-9-19-38(32)53-39)29-22-24-36-35(27-29)42-33-17-11-21-41-43(33)52(37-18-8-10-20-40(37)54-41)47(42)51(36)31-14-5-2-6-15-31/h1-27H. The van der Waals surface area contributed by atoms with Gasteiger partial charge in [-0.15, -0.1) is 0 Å². The van der Waals surface area contributed by atoms with E-state index in [2.05, 4.69) is 112 Å². The number of para-hydroxylation sites is 4. The van der Waals surface area contributed by atoms with Crippen molar-refractivity contribution in [2.45, 2.75) is 9.79 Å². The van der Waals surface area contributed by atoms with E-state index in [1.807, 2.05) is 72.4 Å². The summed E-state index contributed by atoms with van der Waals surface area (Å²) in [5.74, 6) is 1.85. The summed E-state index contributed by atoms with van der Waals surface area (Å²) in [6.45, 7) is 0. The minimum Gasteiger partial charge on any atom is -0.456 e. The van der Waals surface area contributed by atoms with Crippen LogP contribution in [0, 0.1) is 0 Å². The Bertz CT molecular complexity index is 3310. The number of fused-ring (bicyclic) bond motifs is 10. The largest absolute Gasteiger partial charge is 0.456 e. The predicted molar refractivity (Wildman–Crippen MR) is 219 cm³/mol. The van der Waals surface area contributed by atoms with E-state index < -0.39 is 0 Å². The van der Waals surface area contributed by atoms with E-state index in [0.29, 0.717) is 17.5 Å². The molecular formula is C47H27N5OS. The van der Waals surface area contributed by atoms with E-state index in [1.165, 1.54) is 31.8 Å². The van der Waals surface area contributed by atoms with Crippen LogP contribution in [-0.2, 0) is 0 Å². The highest BCUT2D eigenvalue weighted by Gasteiger charge is 2.28. The number of benzene rings is 7. The smallest absolute Gasteiger partial charge is 0.164 e. The Morgan fingerprint density at radius 1 is 0.444 bits per heavy atom. The third kappa shape index (κ3) is 4.27. The van der Waals surface area contributed by atoms with Crippen molar-refractivity contribution in [3.63, 3.8) is 0 Å². The zero-order chi connectivity index (χ0) is 35.3. The number of furan rings is 1. The molecule has 5 heterocycles. The third-order valence-electron chi connectivity index (χ3n) is 10.5. The molecule has 4 aromatic heterocycles. The van der Waals surface area contributed by atoms with Crippen LogP contribution in [0.4, 0.5) is 0 Å². The first kappa shape index (κ1) is 29.6.